The molecule has 186 valence electrons. The van der Waals surface area contributed by atoms with Gasteiger partial charge in [-0.05, 0) is 24.6 Å². The molecular formula is C25H28ClFN4O4. The Bertz CT molecular complexity index is 1220. The number of pyridine rings is 1. The summed E-state index contributed by atoms with van der Waals surface area (Å²) in [7, 11) is 0. The number of ether oxygens (including phenoxy) is 2. The summed E-state index contributed by atoms with van der Waals surface area (Å²) in [5, 5.41) is 2.74. The van der Waals surface area contributed by atoms with Crippen molar-refractivity contribution in [2.75, 3.05) is 19.8 Å². The minimum atomic E-state index is -0.677. The Morgan fingerprint density at radius 1 is 1.17 bits per heavy atom. The van der Waals surface area contributed by atoms with Gasteiger partial charge in [0, 0.05) is 30.7 Å². The average molecular weight is 503 g/mol. The molecule has 0 aliphatic carbocycles. The molecule has 0 atom stereocenters. The number of aromatic nitrogens is 3. The van der Waals surface area contributed by atoms with Crippen LogP contribution in [0.5, 0.6) is 5.75 Å². The normalized spacial score (nSPS) is 11.0. The van der Waals surface area contributed by atoms with Gasteiger partial charge in [0.05, 0.1) is 34.8 Å². The molecule has 0 aliphatic heterocycles. The molecule has 1 aromatic carbocycles. The number of nitrogens with one attached hydrogen (secondary N) is 2. The summed E-state index contributed by atoms with van der Waals surface area (Å²) in [6, 6.07) is 7.61. The van der Waals surface area contributed by atoms with E-state index in [4.69, 9.17) is 21.1 Å². The lowest BCUT2D eigenvalue weighted by molar-refractivity contribution is -0.124. The second-order valence-corrected chi connectivity index (χ2v) is 8.49. The van der Waals surface area contributed by atoms with Crippen LogP contribution in [0.2, 0.25) is 5.02 Å². The zero-order valence-corrected chi connectivity index (χ0v) is 20.6. The number of rotatable bonds is 11. The van der Waals surface area contributed by atoms with Crippen LogP contribution in [-0.4, -0.2) is 40.7 Å². The Kier molecular flexibility index (Phi) is 9.33. The van der Waals surface area contributed by atoms with E-state index in [1.165, 1.54) is 24.4 Å². The maximum Gasteiger partial charge on any atom is 0.251 e. The molecule has 3 rings (SSSR count). The number of H-pyrrole nitrogens is 1. The van der Waals surface area contributed by atoms with Gasteiger partial charge in [0.15, 0.2) is 0 Å². The molecule has 3 aromatic rings. The van der Waals surface area contributed by atoms with E-state index in [0.717, 1.165) is 6.42 Å². The first-order valence-corrected chi connectivity index (χ1v) is 11.7. The molecule has 0 saturated heterocycles. The first-order valence-electron chi connectivity index (χ1n) is 11.3. The van der Waals surface area contributed by atoms with Crippen molar-refractivity contribution in [3.05, 3.63) is 63.3 Å². The first-order chi connectivity index (χ1) is 16.8. The Labute approximate surface area is 207 Å². The van der Waals surface area contributed by atoms with E-state index in [9.17, 15) is 9.59 Å². The second kappa shape index (κ2) is 12.4. The number of nitrogens with zero attached hydrogens (tertiary/aromatic N) is 2. The predicted octanol–water partition coefficient (Wildman–Crippen LogP) is 4.37. The van der Waals surface area contributed by atoms with Crippen LogP contribution in [0.25, 0.3) is 22.8 Å². The average Bonchev–Trinajstić information content (AvgIpc) is 2.83. The van der Waals surface area contributed by atoms with Crippen LogP contribution in [0.3, 0.4) is 0 Å². The van der Waals surface area contributed by atoms with Gasteiger partial charge < -0.3 is 19.8 Å². The van der Waals surface area contributed by atoms with Crippen molar-refractivity contribution in [1.29, 1.82) is 0 Å². The SMILES string of the molecule is CCCOCCOc1ccc(-c2cc(=O)[nH]c(-c3c(Cl)ccc(CNC(=O)C(C)C)c3F)n2)nc1. The Morgan fingerprint density at radius 3 is 2.66 bits per heavy atom. The third-order valence-electron chi connectivity index (χ3n) is 4.97. The molecule has 2 aromatic heterocycles. The van der Waals surface area contributed by atoms with Crippen LogP contribution in [0.4, 0.5) is 4.39 Å². The molecule has 0 aliphatic rings. The van der Waals surface area contributed by atoms with Crippen LogP contribution >= 0.6 is 11.6 Å². The fourth-order valence-corrected chi connectivity index (χ4v) is 3.36. The fraction of sp³-hybridized carbons (Fsp3) is 0.360. The second-order valence-electron chi connectivity index (χ2n) is 8.09. The van der Waals surface area contributed by atoms with Gasteiger partial charge in [-0.2, -0.15) is 0 Å². The Hall–Kier alpha value is -3.30. The maximum absolute atomic E-state index is 15.3. The van der Waals surface area contributed by atoms with Gasteiger partial charge in [-0.15, -0.1) is 0 Å². The lowest BCUT2D eigenvalue weighted by Crippen LogP contribution is -2.27. The van der Waals surface area contributed by atoms with Crippen molar-refractivity contribution in [2.24, 2.45) is 5.92 Å². The summed E-state index contributed by atoms with van der Waals surface area (Å²) in [4.78, 5) is 35.5. The summed E-state index contributed by atoms with van der Waals surface area (Å²) in [5.41, 5.74) is 0.316. The smallest absolute Gasteiger partial charge is 0.251 e. The van der Waals surface area contributed by atoms with Crippen LogP contribution in [0, 0.1) is 11.7 Å². The molecule has 0 unspecified atom stereocenters. The number of hydrogen-bond donors (Lipinski definition) is 2. The molecule has 2 N–H and O–H groups in total. The molecular weight excluding hydrogens is 475 g/mol. The highest BCUT2D eigenvalue weighted by Gasteiger charge is 2.19. The van der Waals surface area contributed by atoms with Crippen LogP contribution in [-0.2, 0) is 16.1 Å². The molecule has 8 nitrogen and oxygen atoms in total. The lowest BCUT2D eigenvalue weighted by Gasteiger charge is -2.13. The van der Waals surface area contributed by atoms with Gasteiger partial charge in [0.25, 0.3) is 5.56 Å². The highest BCUT2D eigenvalue weighted by molar-refractivity contribution is 6.33. The summed E-state index contributed by atoms with van der Waals surface area (Å²) in [6.45, 7) is 7.04. The largest absolute Gasteiger partial charge is 0.490 e. The van der Waals surface area contributed by atoms with Gasteiger partial charge in [0.1, 0.15) is 24.0 Å². The summed E-state index contributed by atoms with van der Waals surface area (Å²) >= 11 is 6.27. The highest BCUT2D eigenvalue weighted by atomic mass is 35.5. The Balaban J connectivity index is 1.84. The van der Waals surface area contributed by atoms with Gasteiger partial charge in [0.2, 0.25) is 5.91 Å². The molecule has 10 heteroatoms. The number of amides is 1. The van der Waals surface area contributed by atoms with E-state index in [2.05, 4.69) is 20.3 Å². The number of carbonyl (C=O) groups is 1. The quantitative estimate of drug-likeness (QED) is 0.377. The predicted molar refractivity (Wildman–Crippen MR) is 132 cm³/mol. The van der Waals surface area contributed by atoms with Gasteiger partial charge in [-0.25, -0.2) is 9.37 Å². The van der Waals surface area contributed by atoms with Crippen molar-refractivity contribution in [1.82, 2.24) is 20.3 Å². The fourth-order valence-electron chi connectivity index (χ4n) is 3.12. The van der Waals surface area contributed by atoms with Crippen LogP contribution in [0.15, 0.2) is 41.3 Å². The van der Waals surface area contributed by atoms with Gasteiger partial charge in [-0.3, -0.25) is 14.6 Å². The number of aromatic amines is 1. The summed E-state index contributed by atoms with van der Waals surface area (Å²) < 4.78 is 26.3. The molecule has 1 amide bonds. The first kappa shape index (κ1) is 26.3. The summed E-state index contributed by atoms with van der Waals surface area (Å²) in [5.74, 6) is -0.616. The third-order valence-corrected chi connectivity index (χ3v) is 5.29. The summed E-state index contributed by atoms with van der Waals surface area (Å²) in [6.07, 6.45) is 2.46. The molecule has 0 spiro atoms. The monoisotopic (exact) mass is 502 g/mol. The van der Waals surface area contributed by atoms with Gasteiger partial charge >= 0.3 is 0 Å². The van der Waals surface area contributed by atoms with E-state index in [1.807, 2.05) is 6.92 Å². The third kappa shape index (κ3) is 7.10. The molecule has 0 fully saturated rings. The molecule has 2 heterocycles. The number of carbonyl (C=O) groups excluding carboxylic acids is 1. The van der Waals surface area contributed by atoms with Crippen LogP contribution < -0.4 is 15.6 Å². The highest BCUT2D eigenvalue weighted by Crippen LogP contribution is 2.31. The zero-order valence-electron chi connectivity index (χ0n) is 19.9. The van der Waals surface area contributed by atoms with Crippen molar-refractivity contribution >= 4 is 17.5 Å². The van der Waals surface area contributed by atoms with Gasteiger partial charge in [-0.1, -0.05) is 38.4 Å². The minimum absolute atomic E-state index is 0.0244. The lowest BCUT2D eigenvalue weighted by atomic mass is 10.1. The number of hydrogen-bond acceptors (Lipinski definition) is 6. The molecule has 0 radical (unpaired) electrons. The van der Waals surface area contributed by atoms with E-state index in [-0.39, 0.29) is 46.0 Å². The minimum Gasteiger partial charge on any atom is -0.490 e. The van der Waals surface area contributed by atoms with Crippen molar-refractivity contribution in [2.45, 2.75) is 33.7 Å². The number of halogens is 2. The Morgan fingerprint density at radius 2 is 1.97 bits per heavy atom. The zero-order chi connectivity index (χ0) is 25.4. The van der Waals surface area contributed by atoms with Crippen molar-refractivity contribution in [3.63, 3.8) is 0 Å². The molecule has 0 saturated carbocycles. The van der Waals surface area contributed by atoms with E-state index >= 15 is 4.39 Å². The van der Waals surface area contributed by atoms with E-state index in [0.29, 0.717) is 31.3 Å². The van der Waals surface area contributed by atoms with E-state index in [1.54, 1.807) is 26.0 Å². The van der Waals surface area contributed by atoms with Crippen LogP contribution in [0.1, 0.15) is 32.8 Å². The van der Waals surface area contributed by atoms with Crippen molar-refractivity contribution < 1.29 is 18.7 Å². The maximum atomic E-state index is 15.3. The van der Waals surface area contributed by atoms with Crippen molar-refractivity contribution in [3.8, 4) is 28.5 Å². The molecule has 0 bridgehead atoms. The topological polar surface area (TPSA) is 106 Å². The van der Waals surface area contributed by atoms with E-state index < -0.39 is 11.4 Å². The standard InChI is InChI=1S/C25H28ClFN4O4/c1-4-9-34-10-11-35-17-6-8-19(28-14-17)20-12-21(32)31-24(30-20)22-18(26)7-5-16(23(22)27)13-29-25(33)15(2)3/h5-8,12,14-15H,4,9-11,13H2,1-3H3,(H,29,33)(H,30,31,32). The number of benzene rings is 1. The molecule has 35 heavy (non-hydrogen) atoms.